The minimum atomic E-state index is -3.65. The van der Waals surface area contributed by atoms with Crippen molar-refractivity contribution >= 4 is 20.9 Å². The first-order valence-electron chi connectivity index (χ1n) is 9.75. The van der Waals surface area contributed by atoms with E-state index in [1.807, 2.05) is 19.1 Å². The van der Waals surface area contributed by atoms with Gasteiger partial charge in [-0.3, -0.25) is 9.88 Å². The minimum Gasteiger partial charge on any atom is -0.379 e. The van der Waals surface area contributed by atoms with Gasteiger partial charge < -0.3 is 4.74 Å². The third kappa shape index (κ3) is 4.64. The Morgan fingerprint density at radius 3 is 2.52 bits per heavy atom. The van der Waals surface area contributed by atoms with E-state index in [1.165, 1.54) is 5.56 Å². The number of benzene rings is 2. The summed E-state index contributed by atoms with van der Waals surface area (Å²) in [5.74, 6) is 0. The summed E-state index contributed by atoms with van der Waals surface area (Å²) in [6, 6.07) is 15.1. The van der Waals surface area contributed by atoms with Crippen LogP contribution in [0.2, 0.25) is 0 Å². The molecule has 152 valence electrons. The average Bonchev–Trinajstić information content (AvgIpc) is 2.74. The molecule has 1 N–H and O–H groups in total. The van der Waals surface area contributed by atoms with E-state index in [-0.39, 0.29) is 11.4 Å². The zero-order chi connectivity index (χ0) is 20.3. The number of nitrogens with zero attached hydrogens (tertiary/aromatic N) is 2. The Kier molecular flexibility index (Phi) is 5.91. The van der Waals surface area contributed by atoms with Gasteiger partial charge in [0, 0.05) is 37.8 Å². The van der Waals surface area contributed by atoms with Crippen molar-refractivity contribution in [3.8, 4) is 0 Å². The summed E-state index contributed by atoms with van der Waals surface area (Å²) < 4.78 is 33.9. The van der Waals surface area contributed by atoms with Crippen molar-refractivity contribution in [1.82, 2.24) is 14.6 Å². The largest absolute Gasteiger partial charge is 0.379 e. The fraction of sp³-hybridized carbons (Fsp3) is 0.318. The summed E-state index contributed by atoms with van der Waals surface area (Å²) in [7, 11) is -3.65. The van der Waals surface area contributed by atoms with Gasteiger partial charge in [-0.2, -0.15) is 0 Å². The lowest BCUT2D eigenvalue weighted by molar-refractivity contribution is 0.0342. The van der Waals surface area contributed by atoms with E-state index in [0.717, 1.165) is 44.0 Å². The quantitative estimate of drug-likeness (QED) is 0.675. The van der Waals surface area contributed by atoms with E-state index < -0.39 is 10.0 Å². The van der Waals surface area contributed by atoms with Gasteiger partial charge in [-0.15, -0.1) is 0 Å². The fourth-order valence-corrected chi connectivity index (χ4v) is 4.77. The number of pyridine rings is 1. The molecule has 6 nitrogen and oxygen atoms in total. The first-order chi connectivity index (χ1) is 14.0. The summed E-state index contributed by atoms with van der Waals surface area (Å²) in [6.07, 6.45) is 1.68. The number of sulfonamides is 1. The van der Waals surface area contributed by atoms with Crippen LogP contribution in [0.3, 0.4) is 0 Å². The van der Waals surface area contributed by atoms with Gasteiger partial charge in [0.2, 0.25) is 10.0 Å². The molecular formula is C22H25N3O3S. The second-order valence-corrected chi connectivity index (χ2v) is 9.05. The monoisotopic (exact) mass is 411 g/mol. The maximum absolute atomic E-state index is 12.9. The molecule has 29 heavy (non-hydrogen) atoms. The molecule has 1 aliphatic heterocycles. The first-order valence-corrected chi connectivity index (χ1v) is 11.2. The lowest BCUT2D eigenvalue weighted by Crippen LogP contribution is -2.35. The Balaban J connectivity index is 1.45. The van der Waals surface area contributed by atoms with Crippen LogP contribution in [-0.4, -0.2) is 44.6 Å². The molecule has 0 amide bonds. The number of rotatable bonds is 6. The topological polar surface area (TPSA) is 71.5 Å². The highest BCUT2D eigenvalue weighted by Crippen LogP contribution is 2.24. The van der Waals surface area contributed by atoms with E-state index in [2.05, 4.69) is 26.7 Å². The summed E-state index contributed by atoms with van der Waals surface area (Å²) >= 11 is 0. The Morgan fingerprint density at radius 1 is 1.03 bits per heavy atom. The number of aryl methyl sites for hydroxylation is 1. The highest BCUT2D eigenvalue weighted by atomic mass is 32.2. The van der Waals surface area contributed by atoms with Crippen molar-refractivity contribution in [2.45, 2.75) is 24.9 Å². The molecule has 0 unspecified atom stereocenters. The van der Waals surface area contributed by atoms with Gasteiger partial charge in [-0.05, 0) is 41.8 Å². The van der Waals surface area contributed by atoms with Crippen LogP contribution < -0.4 is 4.72 Å². The molecular weight excluding hydrogens is 386 g/mol. The lowest BCUT2D eigenvalue weighted by atomic mass is 10.1. The third-order valence-electron chi connectivity index (χ3n) is 5.22. The summed E-state index contributed by atoms with van der Waals surface area (Å²) in [6.45, 7) is 6.51. The maximum Gasteiger partial charge on any atom is 0.241 e. The highest BCUT2D eigenvalue weighted by Gasteiger charge is 2.18. The second kappa shape index (κ2) is 8.59. The van der Waals surface area contributed by atoms with E-state index in [9.17, 15) is 8.42 Å². The molecule has 3 aromatic rings. The molecule has 0 saturated carbocycles. The Labute approximate surface area is 171 Å². The second-order valence-electron chi connectivity index (χ2n) is 7.31. The number of hydrogen-bond acceptors (Lipinski definition) is 5. The number of aromatic nitrogens is 1. The predicted octanol–water partition coefficient (Wildman–Crippen LogP) is 2.85. The molecule has 1 fully saturated rings. The summed E-state index contributed by atoms with van der Waals surface area (Å²) in [5.41, 5.74) is 3.81. The van der Waals surface area contributed by atoms with E-state index in [0.29, 0.717) is 10.9 Å². The van der Waals surface area contributed by atoms with Gasteiger partial charge in [0.05, 0.1) is 23.6 Å². The Bertz CT molecular complexity index is 1090. The molecule has 4 rings (SSSR count). The van der Waals surface area contributed by atoms with Gasteiger partial charge in [-0.25, -0.2) is 13.1 Å². The van der Waals surface area contributed by atoms with Crippen molar-refractivity contribution in [3.63, 3.8) is 0 Å². The van der Waals surface area contributed by atoms with E-state index in [1.54, 1.807) is 30.5 Å². The molecule has 0 atom stereocenters. The summed E-state index contributed by atoms with van der Waals surface area (Å²) in [5, 5.41) is 0.640. The molecule has 0 spiro atoms. The van der Waals surface area contributed by atoms with Crippen LogP contribution in [0.4, 0.5) is 0 Å². The van der Waals surface area contributed by atoms with Crippen molar-refractivity contribution < 1.29 is 13.2 Å². The van der Waals surface area contributed by atoms with Crippen LogP contribution in [0.15, 0.2) is 59.6 Å². The van der Waals surface area contributed by atoms with Gasteiger partial charge in [0.1, 0.15) is 0 Å². The molecule has 0 radical (unpaired) electrons. The number of morpholine rings is 1. The molecule has 2 heterocycles. The number of ether oxygens (including phenoxy) is 1. The molecule has 1 aromatic heterocycles. The predicted molar refractivity (Wildman–Crippen MR) is 113 cm³/mol. The molecule has 0 aliphatic carbocycles. The first kappa shape index (κ1) is 20.0. The van der Waals surface area contributed by atoms with Crippen LogP contribution in [0, 0.1) is 6.92 Å². The molecule has 0 bridgehead atoms. The average molecular weight is 412 g/mol. The molecule has 2 aromatic carbocycles. The number of hydrogen-bond donors (Lipinski definition) is 1. The van der Waals surface area contributed by atoms with Crippen LogP contribution >= 0.6 is 0 Å². The van der Waals surface area contributed by atoms with Crippen molar-refractivity contribution in [1.29, 1.82) is 0 Å². The minimum absolute atomic E-state index is 0.246. The van der Waals surface area contributed by atoms with Crippen molar-refractivity contribution in [3.05, 3.63) is 71.4 Å². The summed E-state index contributed by atoms with van der Waals surface area (Å²) in [4.78, 5) is 6.95. The van der Waals surface area contributed by atoms with Gasteiger partial charge >= 0.3 is 0 Å². The van der Waals surface area contributed by atoms with Gasteiger partial charge in [-0.1, -0.05) is 30.3 Å². The molecule has 1 aliphatic rings. The highest BCUT2D eigenvalue weighted by molar-refractivity contribution is 7.89. The fourth-order valence-electron chi connectivity index (χ4n) is 3.56. The third-order valence-corrected chi connectivity index (χ3v) is 6.68. The lowest BCUT2D eigenvalue weighted by Gasteiger charge is -2.26. The zero-order valence-electron chi connectivity index (χ0n) is 16.5. The molecule has 7 heteroatoms. The normalized spacial score (nSPS) is 15.6. The van der Waals surface area contributed by atoms with Crippen LogP contribution in [0.5, 0.6) is 0 Å². The van der Waals surface area contributed by atoms with E-state index in [4.69, 9.17) is 4.74 Å². The maximum atomic E-state index is 12.9. The zero-order valence-corrected chi connectivity index (χ0v) is 17.3. The Morgan fingerprint density at radius 2 is 1.76 bits per heavy atom. The van der Waals surface area contributed by atoms with Gasteiger partial charge in [0.25, 0.3) is 0 Å². The number of fused-ring (bicyclic) bond motifs is 1. The standard InChI is InChI=1S/C22H25N3O3S/c1-17-4-9-21(20-3-2-10-23-22(17)20)29(26,27)24-15-18-5-7-19(8-6-18)16-25-11-13-28-14-12-25/h2-10,24H,11-16H2,1H3. The molecule has 1 saturated heterocycles. The van der Waals surface area contributed by atoms with Crippen LogP contribution in [0.1, 0.15) is 16.7 Å². The Hall–Kier alpha value is -2.32. The van der Waals surface area contributed by atoms with Crippen LogP contribution in [0.25, 0.3) is 10.9 Å². The SMILES string of the molecule is Cc1ccc(S(=O)(=O)NCc2ccc(CN3CCOCC3)cc2)c2cccnc12. The van der Waals surface area contributed by atoms with Crippen molar-refractivity contribution in [2.75, 3.05) is 26.3 Å². The smallest absolute Gasteiger partial charge is 0.241 e. The number of nitrogens with one attached hydrogen (secondary N) is 1. The van der Waals surface area contributed by atoms with Gasteiger partial charge in [0.15, 0.2) is 0 Å². The van der Waals surface area contributed by atoms with E-state index >= 15 is 0 Å². The van der Waals surface area contributed by atoms with Crippen LogP contribution in [-0.2, 0) is 27.8 Å². The van der Waals surface area contributed by atoms with Crippen molar-refractivity contribution in [2.24, 2.45) is 0 Å².